The molecule has 3 rings (SSSR count). The van der Waals surface area contributed by atoms with Crippen molar-refractivity contribution < 1.29 is 18.0 Å². The highest BCUT2D eigenvalue weighted by atomic mass is 35.5. The van der Waals surface area contributed by atoms with E-state index in [1.807, 2.05) is 0 Å². The van der Waals surface area contributed by atoms with Crippen molar-refractivity contribution in [1.82, 2.24) is 14.5 Å². The predicted molar refractivity (Wildman–Crippen MR) is 83.9 cm³/mol. The molecular formula is C13H13Cl2N3O4S. The Kier molecular flexibility index (Phi) is 4.26. The molecule has 2 saturated heterocycles. The lowest BCUT2D eigenvalue weighted by Gasteiger charge is -2.22. The zero-order valence-electron chi connectivity index (χ0n) is 11.8. The summed E-state index contributed by atoms with van der Waals surface area (Å²) in [4.78, 5) is 24.4. The predicted octanol–water partition coefficient (Wildman–Crippen LogP) is 1.31. The van der Waals surface area contributed by atoms with E-state index in [9.17, 15) is 18.0 Å². The zero-order valence-corrected chi connectivity index (χ0v) is 14.2. The van der Waals surface area contributed by atoms with Crippen LogP contribution in [0.1, 0.15) is 6.42 Å². The quantitative estimate of drug-likeness (QED) is 0.804. The summed E-state index contributed by atoms with van der Waals surface area (Å²) in [6, 6.07) is 3.48. The van der Waals surface area contributed by atoms with Gasteiger partial charge >= 0.3 is 6.03 Å². The second-order valence-electron chi connectivity index (χ2n) is 5.28. The minimum absolute atomic E-state index is 0.0308. The number of benzene rings is 1. The van der Waals surface area contributed by atoms with Crippen molar-refractivity contribution >= 4 is 45.2 Å². The molecular weight excluding hydrogens is 365 g/mol. The Labute approximate surface area is 143 Å². The fourth-order valence-electron chi connectivity index (χ4n) is 2.80. The Balaban J connectivity index is 1.86. The summed E-state index contributed by atoms with van der Waals surface area (Å²) in [5, 5.41) is 2.50. The lowest BCUT2D eigenvalue weighted by atomic mass is 10.2. The van der Waals surface area contributed by atoms with E-state index in [4.69, 9.17) is 23.2 Å². The third-order valence-electron chi connectivity index (χ3n) is 3.89. The van der Waals surface area contributed by atoms with Crippen LogP contribution >= 0.6 is 23.2 Å². The first-order valence-corrected chi connectivity index (χ1v) is 9.06. The third kappa shape index (κ3) is 2.80. The molecule has 124 valence electrons. The molecule has 0 radical (unpaired) electrons. The van der Waals surface area contributed by atoms with E-state index in [2.05, 4.69) is 5.32 Å². The maximum atomic E-state index is 12.8. The molecule has 2 aliphatic rings. The summed E-state index contributed by atoms with van der Waals surface area (Å²) < 4.78 is 26.7. The molecule has 2 fully saturated rings. The van der Waals surface area contributed by atoms with Crippen LogP contribution < -0.4 is 5.32 Å². The smallest absolute Gasteiger partial charge is 0.324 e. The third-order valence-corrected chi connectivity index (χ3v) is 6.71. The fourth-order valence-corrected chi connectivity index (χ4v) is 5.39. The number of hydrogen-bond donors (Lipinski definition) is 1. The lowest BCUT2D eigenvalue weighted by Crippen LogP contribution is -2.42. The fraction of sp³-hybridized carbons (Fsp3) is 0.385. The minimum atomic E-state index is -3.90. The van der Waals surface area contributed by atoms with Crippen molar-refractivity contribution in [2.45, 2.75) is 17.4 Å². The van der Waals surface area contributed by atoms with Crippen LogP contribution in [0.4, 0.5) is 4.79 Å². The van der Waals surface area contributed by atoms with E-state index in [1.165, 1.54) is 16.4 Å². The van der Waals surface area contributed by atoms with Crippen molar-refractivity contribution in [2.75, 3.05) is 19.6 Å². The van der Waals surface area contributed by atoms with Crippen LogP contribution in [-0.2, 0) is 14.8 Å². The van der Waals surface area contributed by atoms with Crippen LogP contribution in [0.25, 0.3) is 0 Å². The number of imide groups is 1. The number of nitrogens with zero attached hydrogens (tertiary/aromatic N) is 2. The molecule has 0 aliphatic carbocycles. The first-order valence-electron chi connectivity index (χ1n) is 6.86. The van der Waals surface area contributed by atoms with E-state index in [1.54, 1.807) is 6.07 Å². The molecule has 2 aliphatic heterocycles. The molecule has 1 aromatic carbocycles. The topological polar surface area (TPSA) is 86.8 Å². The number of carbonyl (C=O) groups is 2. The molecule has 0 spiro atoms. The number of halogens is 2. The van der Waals surface area contributed by atoms with Gasteiger partial charge in [0.1, 0.15) is 4.90 Å². The molecule has 0 saturated carbocycles. The maximum absolute atomic E-state index is 12.8. The number of carbonyl (C=O) groups excluding carboxylic acids is 2. The van der Waals surface area contributed by atoms with Gasteiger partial charge in [0.15, 0.2) is 0 Å². The molecule has 1 N–H and O–H groups in total. The van der Waals surface area contributed by atoms with Crippen LogP contribution in [0.2, 0.25) is 10.0 Å². The number of rotatable bonds is 3. The molecule has 23 heavy (non-hydrogen) atoms. The summed E-state index contributed by atoms with van der Waals surface area (Å²) >= 11 is 12.0. The number of sulfonamides is 1. The first kappa shape index (κ1) is 16.5. The zero-order chi connectivity index (χ0) is 16.8. The van der Waals surface area contributed by atoms with Gasteiger partial charge in [0.2, 0.25) is 15.9 Å². The summed E-state index contributed by atoms with van der Waals surface area (Å²) in [6.45, 7) is 0.160. The summed E-state index contributed by atoms with van der Waals surface area (Å²) in [7, 11) is -3.90. The largest absolute Gasteiger partial charge is 0.329 e. The Bertz CT molecular complexity index is 747. The minimum Gasteiger partial charge on any atom is -0.329 e. The SMILES string of the molecule is O=C1CNC(=O)N1C1CCN(S(=O)(=O)c2c(Cl)cccc2Cl)C1. The Morgan fingerprint density at radius 3 is 2.39 bits per heavy atom. The highest BCUT2D eigenvalue weighted by Crippen LogP contribution is 2.33. The lowest BCUT2D eigenvalue weighted by molar-refractivity contribution is -0.126. The van der Waals surface area contributed by atoms with Crippen molar-refractivity contribution in [2.24, 2.45) is 0 Å². The van der Waals surface area contributed by atoms with Crippen LogP contribution in [0.3, 0.4) is 0 Å². The highest BCUT2D eigenvalue weighted by molar-refractivity contribution is 7.89. The van der Waals surface area contributed by atoms with Crippen molar-refractivity contribution in [1.29, 1.82) is 0 Å². The van der Waals surface area contributed by atoms with E-state index >= 15 is 0 Å². The summed E-state index contributed by atoms with van der Waals surface area (Å²) in [5.41, 5.74) is 0. The van der Waals surface area contributed by atoms with Crippen molar-refractivity contribution in [3.63, 3.8) is 0 Å². The van der Waals surface area contributed by atoms with Gasteiger partial charge in [-0.25, -0.2) is 13.2 Å². The number of hydrogen-bond acceptors (Lipinski definition) is 4. The molecule has 1 atom stereocenters. The summed E-state index contributed by atoms with van der Waals surface area (Å²) in [5.74, 6) is -0.352. The number of amides is 3. The molecule has 1 unspecified atom stereocenters. The van der Waals surface area contributed by atoms with Gasteiger partial charge in [-0.1, -0.05) is 29.3 Å². The van der Waals surface area contributed by atoms with Gasteiger partial charge in [-0.2, -0.15) is 4.31 Å². The van der Waals surface area contributed by atoms with Gasteiger partial charge in [-0.3, -0.25) is 9.69 Å². The highest BCUT2D eigenvalue weighted by Gasteiger charge is 2.42. The monoisotopic (exact) mass is 377 g/mol. The van der Waals surface area contributed by atoms with Gasteiger partial charge < -0.3 is 5.32 Å². The van der Waals surface area contributed by atoms with Gasteiger partial charge in [0.05, 0.1) is 22.6 Å². The van der Waals surface area contributed by atoms with Crippen molar-refractivity contribution in [3.8, 4) is 0 Å². The average Bonchev–Trinajstić information content (AvgIpc) is 3.06. The van der Waals surface area contributed by atoms with Gasteiger partial charge in [0.25, 0.3) is 0 Å². The molecule has 3 amide bonds. The second kappa shape index (κ2) is 5.94. The Hall–Kier alpha value is -1.35. The van der Waals surface area contributed by atoms with Crippen LogP contribution in [0.5, 0.6) is 0 Å². The normalized spacial score (nSPS) is 22.7. The second-order valence-corrected chi connectivity index (χ2v) is 7.97. The maximum Gasteiger partial charge on any atom is 0.324 e. The average molecular weight is 378 g/mol. The van der Waals surface area contributed by atoms with E-state index in [-0.39, 0.29) is 40.5 Å². The van der Waals surface area contributed by atoms with Gasteiger partial charge in [0, 0.05) is 13.1 Å². The first-order chi connectivity index (χ1) is 10.8. The van der Waals surface area contributed by atoms with E-state index < -0.39 is 22.1 Å². The molecule has 10 heteroatoms. The number of nitrogens with one attached hydrogen (secondary N) is 1. The van der Waals surface area contributed by atoms with Crippen molar-refractivity contribution in [3.05, 3.63) is 28.2 Å². The van der Waals surface area contributed by atoms with E-state index in [0.29, 0.717) is 6.42 Å². The van der Waals surface area contributed by atoms with Crippen LogP contribution in [0, 0.1) is 0 Å². The van der Waals surface area contributed by atoms with Gasteiger partial charge in [-0.15, -0.1) is 0 Å². The molecule has 1 aromatic rings. The molecule has 0 aromatic heterocycles. The number of urea groups is 1. The molecule has 7 nitrogen and oxygen atoms in total. The summed E-state index contributed by atoms with van der Waals surface area (Å²) in [6.07, 6.45) is 0.375. The van der Waals surface area contributed by atoms with Crippen LogP contribution in [0.15, 0.2) is 23.1 Å². The van der Waals surface area contributed by atoms with E-state index in [0.717, 1.165) is 4.90 Å². The Morgan fingerprint density at radius 2 is 1.83 bits per heavy atom. The standard InChI is InChI=1S/C13H13Cl2N3O4S/c14-9-2-1-3-10(15)12(9)23(21,22)17-5-4-8(7-17)18-11(19)6-16-13(18)20/h1-3,8H,4-7H2,(H,16,20). The molecule has 0 bridgehead atoms. The molecule has 2 heterocycles. The van der Waals surface area contributed by atoms with Crippen LogP contribution in [-0.4, -0.2) is 55.2 Å². The van der Waals surface area contributed by atoms with Gasteiger partial charge in [-0.05, 0) is 18.6 Å². The Morgan fingerprint density at radius 1 is 1.17 bits per heavy atom.